The minimum atomic E-state index is 0.0952. The third kappa shape index (κ3) is 2.87. The molecule has 0 amide bonds. The first-order chi connectivity index (χ1) is 9.76. The molecule has 1 aromatic heterocycles. The Hall–Kier alpha value is -2.16. The molecule has 1 fully saturated rings. The molecule has 102 valence electrons. The van der Waals surface area contributed by atoms with Crippen molar-refractivity contribution < 1.29 is 9.53 Å². The standard InChI is InChI=1S/C17H17NO2/c1-2-16(19)14-7-10-17(18-11-14)20-15-8-5-13(6-9-15)12-3-4-12/h5-12H,2-4H2,1H3. The van der Waals surface area contributed by atoms with Crippen LogP contribution in [-0.2, 0) is 0 Å². The summed E-state index contributed by atoms with van der Waals surface area (Å²) in [5.74, 6) is 2.13. The number of carbonyl (C=O) groups is 1. The zero-order chi connectivity index (χ0) is 13.9. The van der Waals surface area contributed by atoms with E-state index in [1.807, 2.05) is 19.1 Å². The molecule has 3 heteroatoms. The molecule has 2 aromatic rings. The maximum absolute atomic E-state index is 11.5. The van der Waals surface area contributed by atoms with Crippen molar-refractivity contribution in [1.29, 1.82) is 0 Å². The minimum Gasteiger partial charge on any atom is -0.439 e. The summed E-state index contributed by atoms with van der Waals surface area (Å²) in [5.41, 5.74) is 2.01. The van der Waals surface area contributed by atoms with Gasteiger partial charge in [0, 0.05) is 24.2 Å². The Morgan fingerprint density at radius 2 is 1.95 bits per heavy atom. The Balaban J connectivity index is 1.68. The fraction of sp³-hybridized carbons (Fsp3) is 0.294. The molecule has 0 N–H and O–H groups in total. The van der Waals surface area contributed by atoms with E-state index in [2.05, 4.69) is 17.1 Å². The van der Waals surface area contributed by atoms with Gasteiger partial charge in [-0.15, -0.1) is 0 Å². The van der Waals surface area contributed by atoms with Crippen molar-refractivity contribution in [3.05, 3.63) is 53.7 Å². The number of ether oxygens (including phenoxy) is 1. The highest BCUT2D eigenvalue weighted by Gasteiger charge is 2.23. The summed E-state index contributed by atoms with van der Waals surface area (Å²) in [6.45, 7) is 1.84. The highest BCUT2D eigenvalue weighted by atomic mass is 16.5. The van der Waals surface area contributed by atoms with Gasteiger partial charge in [0.2, 0.25) is 5.88 Å². The van der Waals surface area contributed by atoms with Gasteiger partial charge in [0.15, 0.2) is 5.78 Å². The van der Waals surface area contributed by atoms with Crippen molar-refractivity contribution in [1.82, 2.24) is 4.98 Å². The molecule has 3 nitrogen and oxygen atoms in total. The molecule has 1 heterocycles. The number of nitrogens with zero attached hydrogens (tertiary/aromatic N) is 1. The molecule has 0 atom stereocenters. The summed E-state index contributed by atoms with van der Waals surface area (Å²) < 4.78 is 5.68. The van der Waals surface area contributed by atoms with Crippen LogP contribution in [0.15, 0.2) is 42.6 Å². The van der Waals surface area contributed by atoms with Crippen LogP contribution < -0.4 is 4.74 Å². The average Bonchev–Trinajstić information content (AvgIpc) is 3.33. The molecule has 0 unspecified atom stereocenters. The Morgan fingerprint density at radius 3 is 2.50 bits per heavy atom. The maximum Gasteiger partial charge on any atom is 0.219 e. The monoisotopic (exact) mass is 267 g/mol. The number of hydrogen-bond acceptors (Lipinski definition) is 3. The second-order valence-corrected chi connectivity index (χ2v) is 5.11. The molecule has 1 aliphatic carbocycles. The number of ketones is 1. The largest absolute Gasteiger partial charge is 0.439 e. The van der Waals surface area contributed by atoms with Gasteiger partial charge in [0.05, 0.1) is 0 Å². The van der Waals surface area contributed by atoms with Crippen LogP contribution in [0.2, 0.25) is 0 Å². The average molecular weight is 267 g/mol. The van der Waals surface area contributed by atoms with Gasteiger partial charge < -0.3 is 4.74 Å². The van der Waals surface area contributed by atoms with Crippen LogP contribution in [0.5, 0.6) is 11.6 Å². The van der Waals surface area contributed by atoms with E-state index in [1.165, 1.54) is 18.4 Å². The van der Waals surface area contributed by atoms with E-state index in [1.54, 1.807) is 18.3 Å². The van der Waals surface area contributed by atoms with Crippen LogP contribution in [-0.4, -0.2) is 10.8 Å². The summed E-state index contributed by atoms with van der Waals surface area (Å²) in [6.07, 6.45) is 4.66. The highest BCUT2D eigenvalue weighted by Crippen LogP contribution is 2.40. The molecular weight excluding hydrogens is 250 g/mol. The molecule has 1 aliphatic rings. The van der Waals surface area contributed by atoms with E-state index >= 15 is 0 Å². The topological polar surface area (TPSA) is 39.2 Å². The van der Waals surface area contributed by atoms with Crippen molar-refractivity contribution in [3.8, 4) is 11.6 Å². The predicted octanol–water partition coefficient (Wildman–Crippen LogP) is 4.34. The van der Waals surface area contributed by atoms with Crippen LogP contribution in [0.1, 0.15) is 48.0 Å². The summed E-state index contributed by atoms with van der Waals surface area (Å²) >= 11 is 0. The number of aromatic nitrogens is 1. The fourth-order valence-corrected chi connectivity index (χ4v) is 2.16. The number of pyridine rings is 1. The molecule has 0 bridgehead atoms. The van der Waals surface area contributed by atoms with E-state index in [4.69, 9.17) is 4.74 Å². The van der Waals surface area contributed by atoms with E-state index in [0.29, 0.717) is 17.9 Å². The number of hydrogen-bond donors (Lipinski definition) is 0. The third-order valence-corrected chi connectivity index (χ3v) is 3.53. The van der Waals surface area contributed by atoms with Crippen LogP contribution in [0.3, 0.4) is 0 Å². The molecule has 0 saturated heterocycles. The molecule has 3 rings (SSSR count). The Bertz CT molecular complexity index is 598. The molecule has 20 heavy (non-hydrogen) atoms. The van der Waals surface area contributed by atoms with Gasteiger partial charge in [-0.3, -0.25) is 4.79 Å². The van der Waals surface area contributed by atoms with Gasteiger partial charge in [-0.05, 0) is 42.5 Å². The lowest BCUT2D eigenvalue weighted by Gasteiger charge is -2.06. The third-order valence-electron chi connectivity index (χ3n) is 3.53. The van der Waals surface area contributed by atoms with Crippen LogP contribution in [0.4, 0.5) is 0 Å². The van der Waals surface area contributed by atoms with E-state index in [0.717, 1.165) is 11.7 Å². The lowest BCUT2D eigenvalue weighted by molar-refractivity contribution is 0.0988. The summed E-state index contributed by atoms with van der Waals surface area (Å²) in [5, 5.41) is 0. The predicted molar refractivity (Wildman–Crippen MR) is 77.3 cm³/mol. The SMILES string of the molecule is CCC(=O)c1ccc(Oc2ccc(C3CC3)cc2)nc1. The summed E-state index contributed by atoms with van der Waals surface area (Å²) in [7, 11) is 0. The van der Waals surface area contributed by atoms with Crippen LogP contribution in [0.25, 0.3) is 0 Å². The second kappa shape index (κ2) is 5.45. The Kier molecular flexibility index (Phi) is 3.50. The number of rotatable bonds is 5. The molecule has 0 radical (unpaired) electrons. The first kappa shape index (κ1) is 12.9. The van der Waals surface area contributed by atoms with Crippen LogP contribution in [0, 0.1) is 0 Å². The van der Waals surface area contributed by atoms with Gasteiger partial charge >= 0.3 is 0 Å². The minimum absolute atomic E-state index is 0.0952. The number of Topliss-reactive ketones (excluding diaryl/α,β-unsaturated/α-hetero) is 1. The number of carbonyl (C=O) groups excluding carboxylic acids is 1. The van der Waals surface area contributed by atoms with Gasteiger partial charge in [-0.25, -0.2) is 4.98 Å². The van der Waals surface area contributed by atoms with Gasteiger partial charge in [-0.2, -0.15) is 0 Å². The Labute approximate surface area is 118 Å². The number of benzene rings is 1. The first-order valence-corrected chi connectivity index (χ1v) is 7.03. The van der Waals surface area contributed by atoms with E-state index in [-0.39, 0.29) is 5.78 Å². The summed E-state index contributed by atoms with van der Waals surface area (Å²) in [4.78, 5) is 15.7. The second-order valence-electron chi connectivity index (χ2n) is 5.11. The maximum atomic E-state index is 11.5. The normalized spacial score (nSPS) is 14.1. The molecule has 0 aliphatic heterocycles. The van der Waals surface area contributed by atoms with E-state index < -0.39 is 0 Å². The van der Waals surface area contributed by atoms with Crippen molar-refractivity contribution in [2.75, 3.05) is 0 Å². The Morgan fingerprint density at radius 1 is 1.20 bits per heavy atom. The fourth-order valence-electron chi connectivity index (χ4n) is 2.16. The smallest absolute Gasteiger partial charge is 0.219 e. The van der Waals surface area contributed by atoms with E-state index in [9.17, 15) is 4.79 Å². The molecular formula is C17H17NO2. The van der Waals surface area contributed by atoms with Gasteiger partial charge in [0.1, 0.15) is 5.75 Å². The van der Waals surface area contributed by atoms with Crippen LogP contribution >= 0.6 is 0 Å². The first-order valence-electron chi connectivity index (χ1n) is 7.03. The summed E-state index contributed by atoms with van der Waals surface area (Å²) in [6, 6.07) is 11.7. The van der Waals surface area contributed by atoms with Crippen molar-refractivity contribution in [2.24, 2.45) is 0 Å². The van der Waals surface area contributed by atoms with Gasteiger partial charge in [0.25, 0.3) is 0 Å². The lowest BCUT2D eigenvalue weighted by atomic mass is 10.1. The van der Waals surface area contributed by atoms with Crippen molar-refractivity contribution in [2.45, 2.75) is 32.1 Å². The van der Waals surface area contributed by atoms with Crippen molar-refractivity contribution in [3.63, 3.8) is 0 Å². The zero-order valence-corrected chi connectivity index (χ0v) is 11.5. The molecule has 1 aromatic carbocycles. The zero-order valence-electron chi connectivity index (χ0n) is 11.5. The lowest BCUT2D eigenvalue weighted by Crippen LogP contribution is -1.97. The molecule has 1 saturated carbocycles. The van der Waals surface area contributed by atoms with Crippen molar-refractivity contribution >= 4 is 5.78 Å². The molecule has 0 spiro atoms. The van der Waals surface area contributed by atoms with Gasteiger partial charge in [-0.1, -0.05) is 19.1 Å². The highest BCUT2D eigenvalue weighted by molar-refractivity contribution is 5.95. The quantitative estimate of drug-likeness (QED) is 0.756.